The fourth-order valence-electron chi connectivity index (χ4n) is 6.66. The lowest BCUT2D eigenvalue weighted by atomic mass is 9.73. The summed E-state index contributed by atoms with van der Waals surface area (Å²) in [6.07, 6.45) is 32.9. The third kappa shape index (κ3) is 6.65. The van der Waals surface area contributed by atoms with Gasteiger partial charge in [-0.15, -0.1) is 13.2 Å². The molecule has 0 amide bonds. The molecule has 0 bridgehead atoms. The van der Waals surface area contributed by atoms with E-state index in [1.807, 2.05) is 6.08 Å². The normalized spacial score (nSPS) is 28.0. The monoisotopic (exact) mass is 538 g/mol. The van der Waals surface area contributed by atoms with E-state index in [1.165, 1.54) is 28.9 Å². The number of allylic oxidation sites excluding steroid dienone is 12. The minimum Gasteiger partial charge on any atom is -0.356 e. The van der Waals surface area contributed by atoms with Gasteiger partial charge in [-0.1, -0.05) is 85.0 Å². The van der Waals surface area contributed by atoms with E-state index < -0.39 is 0 Å². The first kappa shape index (κ1) is 27.1. The van der Waals surface area contributed by atoms with Crippen molar-refractivity contribution in [2.75, 3.05) is 5.32 Å². The summed E-state index contributed by atoms with van der Waals surface area (Å²) in [5.41, 5.74) is 7.39. The van der Waals surface area contributed by atoms with E-state index in [-0.39, 0.29) is 0 Å². The van der Waals surface area contributed by atoms with Crippen molar-refractivity contribution in [1.82, 2.24) is 5.32 Å². The van der Waals surface area contributed by atoms with Gasteiger partial charge < -0.3 is 10.6 Å². The molecule has 4 aliphatic carbocycles. The maximum absolute atomic E-state index is 3.99. The van der Waals surface area contributed by atoms with Crippen LogP contribution in [0.4, 0.5) is 11.4 Å². The molecule has 0 aliphatic heterocycles. The molecule has 0 aromatic heterocycles. The maximum atomic E-state index is 3.99. The summed E-state index contributed by atoms with van der Waals surface area (Å²) in [7, 11) is 0. The molecule has 0 radical (unpaired) electrons. The molecule has 4 aliphatic rings. The lowest BCUT2D eigenvalue weighted by Crippen LogP contribution is -2.22. The smallest absolute Gasteiger partial charge is 0.0386 e. The van der Waals surface area contributed by atoms with Crippen LogP contribution in [0.5, 0.6) is 0 Å². The van der Waals surface area contributed by atoms with Crippen LogP contribution in [-0.4, -0.2) is 0 Å². The summed E-state index contributed by atoms with van der Waals surface area (Å²) in [5, 5.41) is 7.27. The van der Waals surface area contributed by atoms with Crippen LogP contribution >= 0.6 is 0 Å². The summed E-state index contributed by atoms with van der Waals surface area (Å²) < 4.78 is 0. The van der Waals surface area contributed by atoms with E-state index in [2.05, 4.69) is 139 Å². The molecular weight excluding hydrogens is 496 g/mol. The Balaban J connectivity index is 1.07. The second-order valence-corrected chi connectivity index (χ2v) is 11.9. The van der Waals surface area contributed by atoms with Crippen molar-refractivity contribution in [1.29, 1.82) is 0 Å². The van der Waals surface area contributed by atoms with Gasteiger partial charge in [-0.3, -0.25) is 0 Å². The average molecular weight is 539 g/mol. The number of rotatable bonds is 11. The first-order chi connectivity index (χ1) is 20.2. The first-order valence-electron chi connectivity index (χ1n) is 15.3. The Morgan fingerprint density at radius 1 is 0.829 bits per heavy atom. The number of hydrogen-bond donors (Lipinski definition) is 2. The predicted octanol–water partition coefficient (Wildman–Crippen LogP) is 9.71. The predicted molar refractivity (Wildman–Crippen MR) is 175 cm³/mol. The van der Waals surface area contributed by atoms with Crippen molar-refractivity contribution in [2.45, 2.75) is 38.0 Å². The number of nitrogens with one attached hydrogen (secondary N) is 2. The number of benzene rings is 2. The minimum absolute atomic E-state index is 0.370. The first-order valence-corrected chi connectivity index (χ1v) is 15.3. The van der Waals surface area contributed by atoms with Gasteiger partial charge in [0, 0.05) is 28.7 Å². The number of aryl methyl sites for hydroxylation is 1. The van der Waals surface area contributed by atoms with Crippen LogP contribution in [0.2, 0.25) is 0 Å². The zero-order chi connectivity index (χ0) is 28.0. The molecule has 2 aromatic rings. The van der Waals surface area contributed by atoms with E-state index >= 15 is 0 Å². The zero-order valence-corrected chi connectivity index (χ0v) is 24.0. The van der Waals surface area contributed by atoms with Crippen LogP contribution in [0.25, 0.3) is 0 Å². The number of hydrogen-bond acceptors (Lipinski definition) is 2. The molecule has 6 rings (SSSR count). The molecule has 0 heterocycles. The van der Waals surface area contributed by atoms with Gasteiger partial charge in [-0.05, 0) is 109 Å². The van der Waals surface area contributed by atoms with Crippen LogP contribution in [0.1, 0.15) is 42.7 Å². The van der Waals surface area contributed by atoms with E-state index in [9.17, 15) is 0 Å². The Bertz CT molecular complexity index is 1430. The van der Waals surface area contributed by atoms with E-state index in [0.29, 0.717) is 29.6 Å². The Kier molecular flexibility index (Phi) is 8.37. The zero-order valence-electron chi connectivity index (χ0n) is 24.0. The molecule has 2 aromatic carbocycles. The molecule has 1 saturated carbocycles. The number of anilines is 2. The quantitative estimate of drug-likeness (QED) is 0.278. The van der Waals surface area contributed by atoms with Gasteiger partial charge in [-0.25, -0.2) is 0 Å². The van der Waals surface area contributed by atoms with E-state index in [4.69, 9.17) is 0 Å². The van der Waals surface area contributed by atoms with Crippen molar-refractivity contribution in [2.24, 2.45) is 29.6 Å². The Morgan fingerprint density at radius 3 is 2.49 bits per heavy atom. The van der Waals surface area contributed by atoms with Gasteiger partial charge in [0.25, 0.3) is 0 Å². The van der Waals surface area contributed by atoms with Crippen LogP contribution in [-0.2, 0) is 6.42 Å². The van der Waals surface area contributed by atoms with Gasteiger partial charge >= 0.3 is 0 Å². The molecule has 6 atom stereocenters. The summed E-state index contributed by atoms with van der Waals surface area (Å²) in [5.74, 6) is 3.42. The molecule has 2 nitrogen and oxygen atoms in total. The SMILES string of the molecule is C=CCCc1cccc(Nc2ccc(C3C=CC=CC3C3C=CC(NC4=CC(C5C[C@H]5C=C)CC=C4)=CC3)cc2)c1. The molecule has 5 unspecified atom stereocenters. The second-order valence-electron chi connectivity index (χ2n) is 11.9. The van der Waals surface area contributed by atoms with Gasteiger partial charge in [0.15, 0.2) is 0 Å². The fourth-order valence-corrected chi connectivity index (χ4v) is 6.66. The van der Waals surface area contributed by atoms with Crippen molar-refractivity contribution in [3.63, 3.8) is 0 Å². The fraction of sp³-hybridized carbons (Fsp3) is 0.282. The Morgan fingerprint density at radius 2 is 1.71 bits per heavy atom. The van der Waals surface area contributed by atoms with Gasteiger partial charge in [0.2, 0.25) is 0 Å². The summed E-state index contributed by atoms with van der Waals surface area (Å²) in [4.78, 5) is 0. The molecule has 0 spiro atoms. The Hall–Kier alpha value is -4.04. The van der Waals surface area contributed by atoms with Gasteiger partial charge in [-0.2, -0.15) is 0 Å². The molecule has 0 saturated heterocycles. The van der Waals surface area contributed by atoms with Gasteiger partial charge in [0.1, 0.15) is 0 Å². The second kappa shape index (κ2) is 12.6. The van der Waals surface area contributed by atoms with Crippen molar-refractivity contribution in [3.05, 3.63) is 157 Å². The highest BCUT2D eigenvalue weighted by Crippen LogP contribution is 2.48. The third-order valence-electron chi connectivity index (χ3n) is 9.09. The molecule has 208 valence electrons. The minimum atomic E-state index is 0.370. The highest BCUT2D eigenvalue weighted by atomic mass is 14.9. The standard InChI is InChI=1S/C39H42N2/c1-3-5-10-28-11-8-13-35(25-28)40-33-21-17-30(18-22-33)37-15-6-7-16-38(37)31-19-23-34(24-20-31)41-36-14-9-12-32(26-36)39-27-29(39)4-2/h3-4,6-9,11,13-19,21-26,29,31-32,37-41H,1-2,5,10,12,20,27H2/t29-,31?,32?,37?,38?,39?/m1/s1. The molecule has 2 heteroatoms. The average Bonchev–Trinajstić information content (AvgIpc) is 3.82. The van der Waals surface area contributed by atoms with Crippen LogP contribution in [0.15, 0.2) is 146 Å². The maximum Gasteiger partial charge on any atom is 0.0386 e. The van der Waals surface area contributed by atoms with Crippen LogP contribution in [0.3, 0.4) is 0 Å². The van der Waals surface area contributed by atoms with Crippen molar-refractivity contribution < 1.29 is 0 Å². The summed E-state index contributed by atoms with van der Waals surface area (Å²) in [6.45, 7) is 7.84. The third-order valence-corrected chi connectivity index (χ3v) is 9.09. The van der Waals surface area contributed by atoms with E-state index in [0.717, 1.165) is 43.0 Å². The van der Waals surface area contributed by atoms with Crippen LogP contribution < -0.4 is 10.6 Å². The molecular formula is C39H42N2. The van der Waals surface area contributed by atoms with Crippen LogP contribution in [0, 0.1) is 29.6 Å². The topological polar surface area (TPSA) is 24.1 Å². The summed E-state index contributed by atoms with van der Waals surface area (Å²) >= 11 is 0. The largest absolute Gasteiger partial charge is 0.356 e. The Labute approximate surface area is 246 Å². The molecule has 2 N–H and O–H groups in total. The lowest BCUT2D eigenvalue weighted by Gasteiger charge is -2.32. The van der Waals surface area contributed by atoms with Crippen molar-refractivity contribution >= 4 is 11.4 Å². The van der Waals surface area contributed by atoms with Gasteiger partial charge in [0.05, 0.1) is 0 Å². The van der Waals surface area contributed by atoms with Crippen molar-refractivity contribution in [3.8, 4) is 0 Å². The molecule has 1 fully saturated rings. The van der Waals surface area contributed by atoms with E-state index in [1.54, 1.807) is 0 Å². The lowest BCUT2D eigenvalue weighted by molar-refractivity contribution is 0.432. The highest BCUT2D eigenvalue weighted by molar-refractivity contribution is 5.61. The highest BCUT2D eigenvalue weighted by Gasteiger charge is 2.39. The summed E-state index contributed by atoms with van der Waals surface area (Å²) in [6, 6.07) is 17.7. The molecule has 41 heavy (non-hydrogen) atoms.